The van der Waals surface area contributed by atoms with Crippen molar-refractivity contribution in [2.45, 2.75) is 51.1 Å². The fourth-order valence-electron chi connectivity index (χ4n) is 2.63. The van der Waals surface area contributed by atoms with Gasteiger partial charge in [0.1, 0.15) is 0 Å². The molecule has 0 fully saturated rings. The lowest BCUT2D eigenvalue weighted by Gasteiger charge is -2.19. The van der Waals surface area contributed by atoms with Gasteiger partial charge in [-0.3, -0.25) is 4.79 Å². The van der Waals surface area contributed by atoms with Crippen molar-refractivity contribution in [3.63, 3.8) is 0 Å². The van der Waals surface area contributed by atoms with Crippen LogP contribution in [0.25, 0.3) is 0 Å². The van der Waals surface area contributed by atoms with Crippen molar-refractivity contribution in [2.24, 2.45) is 5.73 Å². The molecule has 0 aromatic heterocycles. The minimum atomic E-state index is 0.0825. The molecule has 14 heavy (non-hydrogen) atoms. The number of nitrogens with one attached hydrogen (secondary N) is 1. The van der Waals surface area contributed by atoms with Gasteiger partial charge in [0, 0.05) is 19.0 Å². The molecule has 2 atom stereocenters. The van der Waals surface area contributed by atoms with Gasteiger partial charge in [-0.15, -0.1) is 0 Å². The zero-order valence-corrected chi connectivity index (χ0v) is 8.68. The van der Waals surface area contributed by atoms with Gasteiger partial charge < -0.3 is 11.1 Å². The summed E-state index contributed by atoms with van der Waals surface area (Å²) in [5, 5.41) is 2.99. The number of rotatable bonds is 1. The molecule has 2 aliphatic carbocycles. The molecule has 0 heterocycles. The maximum atomic E-state index is 10.9. The Morgan fingerprint density at radius 1 is 1.36 bits per heavy atom. The van der Waals surface area contributed by atoms with E-state index in [-0.39, 0.29) is 5.91 Å². The minimum absolute atomic E-state index is 0.0825. The number of hydrogen-bond donors (Lipinski definition) is 2. The summed E-state index contributed by atoms with van der Waals surface area (Å²) in [5.41, 5.74) is 8.99. The molecule has 0 aliphatic heterocycles. The Bertz CT molecular complexity index is 283. The molecule has 78 valence electrons. The van der Waals surface area contributed by atoms with Crippen LogP contribution in [0.3, 0.4) is 0 Å². The fourth-order valence-corrected chi connectivity index (χ4v) is 2.63. The monoisotopic (exact) mass is 194 g/mol. The summed E-state index contributed by atoms with van der Waals surface area (Å²) in [7, 11) is 0. The van der Waals surface area contributed by atoms with E-state index in [0.29, 0.717) is 12.1 Å². The first-order chi connectivity index (χ1) is 6.65. The van der Waals surface area contributed by atoms with Crippen LogP contribution in [-0.4, -0.2) is 18.0 Å². The molecular weight excluding hydrogens is 176 g/mol. The van der Waals surface area contributed by atoms with Crippen molar-refractivity contribution in [3.05, 3.63) is 11.1 Å². The van der Waals surface area contributed by atoms with Gasteiger partial charge in [-0.25, -0.2) is 0 Å². The van der Waals surface area contributed by atoms with Crippen LogP contribution in [0.15, 0.2) is 11.1 Å². The topological polar surface area (TPSA) is 55.1 Å². The lowest BCUT2D eigenvalue weighted by molar-refractivity contribution is -0.119. The average molecular weight is 194 g/mol. The van der Waals surface area contributed by atoms with Crippen molar-refractivity contribution in [1.29, 1.82) is 0 Å². The minimum Gasteiger partial charge on any atom is -0.353 e. The molecule has 1 amide bonds. The third-order valence-electron chi connectivity index (χ3n) is 3.22. The molecule has 2 rings (SSSR count). The van der Waals surface area contributed by atoms with Crippen molar-refractivity contribution in [2.75, 3.05) is 0 Å². The number of amides is 1. The van der Waals surface area contributed by atoms with E-state index in [4.69, 9.17) is 5.73 Å². The summed E-state index contributed by atoms with van der Waals surface area (Å²) < 4.78 is 0. The normalized spacial score (nSPS) is 31.6. The highest BCUT2D eigenvalue weighted by atomic mass is 16.1. The van der Waals surface area contributed by atoms with E-state index in [1.807, 2.05) is 0 Å². The predicted molar refractivity (Wildman–Crippen MR) is 55.7 cm³/mol. The van der Waals surface area contributed by atoms with Gasteiger partial charge in [-0.2, -0.15) is 0 Å². The lowest BCUT2D eigenvalue weighted by atomic mass is 9.91. The summed E-state index contributed by atoms with van der Waals surface area (Å²) in [6.45, 7) is 1.59. The highest BCUT2D eigenvalue weighted by Crippen LogP contribution is 2.36. The maximum absolute atomic E-state index is 10.9. The predicted octanol–water partition coefficient (Wildman–Crippen LogP) is 1.09. The van der Waals surface area contributed by atoms with Crippen molar-refractivity contribution in [1.82, 2.24) is 5.32 Å². The third kappa shape index (κ3) is 1.98. The summed E-state index contributed by atoms with van der Waals surface area (Å²) in [4.78, 5) is 10.9. The highest BCUT2D eigenvalue weighted by molar-refractivity contribution is 5.73. The van der Waals surface area contributed by atoms with Crippen LogP contribution in [0.5, 0.6) is 0 Å². The number of nitrogens with two attached hydrogens (primary N) is 1. The molecule has 0 aromatic rings. The molecule has 3 N–H and O–H groups in total. The van der Waals surface area contributed by atoms with Gasteiger partial charge in [0.25, 0.3) is 0 Å². The van der Waals surface area contributed by atoms with Crippen LogP contribution in [0, 0.1) is 0 Å². The largest absolute Gasteiger partial charge is 0.353 e. The van der Waals surface area contributed by atoms with Gasteiger partial charge in [0.05, 0.1) is 0 Å². The van der Waals surface area contributed by atoms with E-state index in [0.717, 1.165) is 32.1 Å². The Morgan fingerprint density at radius 2 is 2.07 bits per heavy atom. The summed E-state index contributed by atoms with van der Waals surface area (Å²) in [6, 6.07) is 0.702. The van der Waals surface area contributed by atoms with Crippen molar-refractivity contribution < 1.29 is 4.79 Å². The van der Waals surface area contributed by atoms with Crippen LogP contribution in [0.4, 0.5) is 0 Å². The first-order valence-corrected chi connectivity index (χ1v) is 5.37. The van der Waals surface area contributed by atoms with Crippen LogP contribution < -0.4 is 11.1 Å². The quantitative estimate of drug-likeness (QED) is 0.614. The lowest BCUT2D eigenvalue weighted by Crippen LogP contribution is -2.31. The molecule has 3 heteroatoms. The molecule has 0 aromatic carbocycles. The Kier molecular flexibility index (Phi) is 2.59. The van der Waals surface area contributed by atoms with Crippen LogP contribution in [0.2, 0.25) is 0 Å². The molecule has 0 radical (unpaired) electrons. The van der Waals surface area contributed by atoms with E-state index >= 15 is 0 Å². The first kappa shape index (κ1) is 9.71. The van der Waals surface area contributed by atoms with Crippen molar-refractivity contribution >= 4 is 5.91 Å². The summed E-state index contributed by atoms with van der Waals surface area (Å²) in [5.74, 6) is 0.0825. The zero-order chi connectivity index (χ0) is 10.1. The van der Waals surface area contributed by atoms with E-state index in [2.05, 4.69) is 5.32 Å². The molecular formula is C11H18N2O. The third-order valence-corrected chi connectivity index (χ3v) is 3.22. The SMILES string of the molecule is CC(=O)NC1CC2=C(CC(N)CC2)C1. The number of hydrogen-bond acceptors (Lipinski definition) is 2. The standard InChI is InChI=1S/C11H18N2O/c1-7(14)13-11-5-8-2-3-10(12)4-9(8)6-11/h10-11H,2-6,12H2,1H3,(H,13,14). The smallest absolute Gasteiger partial charge is 0.217 e. The molecule has 2 aliphatic rings. The highest BCUT2D eigenvalue weighted by Gasteiger charge is 2.28. The van der Waals surface area contributed by atoms with E-state index in [1.54, 1.807) is 12.5 Å². The van der Waals surface area contributed by atoms with Gasteiger partial charge in [0.2, 0.25) is 5.91 Å². The van der Waals surface area contributed by atoms with E-state index in [9.17, 15) is 4.79 Å². The second-order valence-corrected chi connectivity index (χ2v) is 4.52. The van der Waals surface area contributed by atoms with Gasteiger partial charge >= 0.3 is 0 Å². The number of carbonyl (C=O) groups excluding carboxylic acids is 1. The molecule has 0 saturated heterocycles. The number of carbonyl (C=O) groups is 1. The molecule has 0 saturated carbocycles. The Morgan fingerprint density at radius 3 is 2.79 bits per heavy atom. The fraction of sp³-hybridized carbons (Fsp3) is 0.727. The van der Waals surface area contributed by atoms with E-state index in [1.165, 1.54) is 5.57 Å². The molecule has 3 nitrogen and oxygen atoms in total. The second-order valence-electron chi connectivity index (χ2n) is 4.52. The molecule has 0 bridgehead atoms. The Hall–Kier alpha value is -0.830. The molecule has 0 spiro atoms. The zero-order valence-electron chi connectivity index (χ0n) is 8.68. The Labute approximate surface area is 84.7 Å². The average Bonchev–Trinajstić information content (AvgIpc) is 2.44. The van der Waals surface area contributed by atoms with Gasteiger partial charge in [-0.1, -0.05) is 11.1 Å². The summed E-state index contributed by atoms with van der Waals surface area (Å²) in [6.07, 6.45) is 5.40. The molecule has 2 unspecified atom stereocenters. The first-order valence-electron chi connectivity index (χ1n) is 5.37. The van der Waals surface area contributed by atoms with Crippen molar-refractivity contribution in [3.8, 4) is 0 Å². The van der Waals surface area contributed by atoms with Crippen LogP contribution >= 0.6 is 0 Å². The van der Waals surface area contributed by atoms with Crippen LogP contribution in [0.1, 0.15) is 39.0 Å². The summed E-state index contributed by atoms with van der Waals surface area (Å²) >= 11 is 0. The van der Waals surface area contributed by atoms with E-state index < -0.39 is 0 Å². The van der Waals surface area contributed by atoms with Gasteiger partial charge in [-0.05, 0) is 32.1 Å². The second kappa shape index (κ2) is 3.73. The Balaban J connectivity index is 1.95. The van der Waals surface area contributed by atoms with Crippen LogP contribution in [-0.2, 0) is 4.79 Å². The van der Waals surface area contributed by atoms with Gasteiger partial charge in [0.15, 0.2) is 0 Å². The maximum Gasteiger partial charge on any atom is 0.217 e.